The highest BCUT2D eigenvalue weighted by Crippen LogP contribution is 2.17. The van der Waals surface area contributed by atoms with Gasteiger partial charge in [0.1, 0.15) is 0 Å². The lowest BCUT2D eigenvalue weighted by Crippen LogP contribution is -2.36. The van der Waals surface area contributed by atoms with Gasteiger partial charge in [0.2, 0.25) is 0 Å². The lowest BCUT2D eigenvalue weighted by Gasteiger charge is -2.11. The van der Waals surface area contributed by atoms with Gasteiger partial charge in [-0.1, -0.05) is 30.3 Å². The number of hydrogen-bond acceptors (Lipinski definition) is 4. The van der Waals surface area contributed by atoms with E-state index >= 15 is 0 Å². The molecule has 0 atom stereocenters. The molecule has 9 heteroatoms. The molecule has 1 aromatic heterocycles. The van der Waals surface area contributed by atoms with Crippen LogP contribution in [0.1, 0.15) is 23.7 Å². The summed E-state index contributed by atoms with van der Waals surface area (Å²) in [5.74, 6) is 0.677. The fraction of sp³-hybridized carbons (Fsp3) is 0.273. The zero-order chi connectivity index (χ0) is 21.6. The minimum atomic E-state index is -3.22. The Balaban J connectivity index is 0.00000341. The van der Waals surface area contributed by atoms with Crippen molar-refractivity contribution in [2.45, 2.75) is 31.8 Å². The topological polar surface area (TPSA) is 88.4 Å². The molecular weight excluding hydrogens is 525 g/mol. The number of nitrogens with one attached hydrogen (secondary N) is 2. The largest absolute Gasteiger partial charge is 0.357 e. The monoisotopic (exact) mass is 553 g/mol. The van der Waals surface area contributed by atoms with Gasteiger partial charge in [0.25, 0.3) is 0 Å². The van der Waals surface area contributed by atoms with Gasteiger partial charge in [-0.25, -0.2) is 18.1 Å². The van der Waals surface area contributed by atoms with Crippen molar-refractivity contribution in [3.63, 3.8) is 0 Å². The first-order valence-electron chi connectivity index (χ1n) is 9.78. The summed E-state index contributed by atoms with van der Waals surface area (Å²) in [5.41, 5.74) is 3.59. The number of rotatable bonds is 7. The highest BCUT2D eigenvalue weighted by molar-refractivity contribution is 14.0. The van der Waals surface area contributed by atoms with Crippen LogP contribution >= 0.6 is 24.0 Å². The Bertz CT molecular complexity index is 1130. The Morgan fingerprint density at radius 2 is 1.84 bits per heavy atom. The number of sulfone groups is 1. The number of hydrogen-bond donors (Lipinski definition) is 2. The Morgan fingerprint density at radius 1 is 1.10 bits per heavy atom. The summed E-state index contributed by atoms with van der Waals surface area (Å²) in [7, 11) is -3.22. The molecule has 0 spiro atoms. The van der Waals surface area contributed by atoms with Crippen molar-refractivity contribution in [3.05, 3.63) is 77.6 Å². The molecule has 0 aliphatic heterocycles. The first-order chi connectivity index (χ1) is 14.4. The van der Waals surface area contributed by atoms with Crippen molar-refractivity contribution in [2.24, 2.45) is 4.99 Å². The van der Waals surface area contributed by atoms with Crippen LogP contribution in [0.3, 0.4) is 0 Å². The van der Waals surface area contributed by atoms with E-state index in [-0.39, 0.29) is 24.0 Å². The second-order valence-corrected chi connectivity index (χ2v) is 8.99. The van der Waals surface area contributed by atoms with Gasteiger partial charge in [-0.05, 0) is 49.2 Å². The number of guanidine groups is 1. The van der Waals surface area contributed by atoms with Crippen molar-refractivity contribution in [3.8, 4) is 5.69 Å². The molecule has 0 unspecified atom stereocenters. The van der Waals surface area contributed by atoms with Crippen molar-refractivity contribution >= 4 is 39.8 Å². The Kier molecular flexibility index (Phi) is 9.05. The zero-order valence-electron chi connectivity index (χ0n) is 17.9. The molecule has 31 heavy (non-hydrogen) atoms. The maximum absolute atomic E-state index is 11.8. The fourth-order valence-corrected chi connectivity index (χ4v) is 4.05. The molecule has 0 aliphatic carbocycles. The summed E-state index contributed by atoms with van der Waals surface area (Å²) in [4.78, 5) is 4.96. The Hall–Kier alpha value is -2.40. The summed E-state index contributed by atoms with van der Waals surface area (Å²) in [5, 5.41) is 11.1. The van der Waals surface area contributed by atoms with Crippen molar-refractivity contribution in [1.82, 2.24) is 20.4 Å². The van der Waals surface area contributed by atoms with E-state index in [1.807, 2.05) is 60.3 Å². The van der Waals surface area contributed by atoms with Gasteiger partial charge in [0.05, 0.1) is 29.4 Å². The number of halogens is 1. The zero-order valence-corrected chi connectivity index (χ0v) is 21.0. The van der Waals surface area contributed by atoms with Gasteiger partial charge in [-0.2, -0.15) is 5.10 Å². The van der Waals surface area contributed by atoms with Crippen molar-refractivity contribution in [1.29, 1.82) is 0 Å². The molecule has 2 aromatic carbocycles. The highest BCUT2D eigenvalue weighted by atomic mass is 127. The second kappa shape index (κ2) is 11.3. The van der Waals surface area contributed by atoms with E-state index in [0.29, 0.717) is 23.9 Å². The quantitative estimate of drug-likeness (QED) is 0.266. The highest BCUT2D eigenvalue weighted by Gasteiger charge is 2.11. The summed E-state index contributed by atoms with van der Waals surface area (Å²) in [6.45, 7) is 5.52. The average molecular weight is 553 g/mol. The summed E-state index contributed by atoms with van der Waals surface area (Å²) in [6, 6.07) is 17.2. The number of nitrogens with zero attached hydrogens (tertiary/aromatic N) is 3. The van der Waals surface area contributed by atoms with Crippen LogP contribution in [-0.4, -0.2) is 37.0 Å². The fourth-order valence-electron chi connectivity index (χ4n) is 3.09. The standard InChI is InChI=1S/C22H27N5O2S.HI/c1-4-23-22(24-15-18-10-11-21(17(2)14-18)30(3,28)29)25-16-19-12-13-27(26-19)20-8-6-5-7-9-20;/h5-14H,4,15-16H2,1-3H3,(H2,23,24,25);1H. The van der Waals surface area contributed by atoms with Crippen LogP contribution in [-0.2, 0) is 22.9 Å². The first-order valence-corrected chi connectivity index (χ1v) is 11.7. The maximum atomic E-state index is 11.8. The van der Waals surface area contributed by atoms with Crippen molar-refractivity contribution in [2.75, 3.05) is 12.8 Å². The Morgan fingerprint density at radius 3 is 2.48 bits per heavy atom. The van der Waals surface area contributed by atoms with Gasteiger partial charge in [0, 0.05) is 19.0 Å². The molecule has 0 aliphatic rings. The molecule has 1 heterocycles. The minimum absolute atomic E-state index is 0. The van der Waals surface area contributed by atoms with Crippen LogP contribution < -0.4 is 10.6 Å². The van der Waals surface area contributed by atoms with Crippen molar-refractivity contribution < 1.29 is 8.42 Å². The van der Waals surface area contributed by atoms with Crippen LogP contribution in [0.25, 0.3) is 5.69 Å². The van der Waals surface area contributed by atoms with E-state index in [9.17, 15) is 8.42 Å². The van der Waals surface area contributed by atoms with Crippen LogP contribution in [0.15, 0.2) is 70.7 Å². The van der Waals surface area contributed by atoms with E-state index in [1.54, 1.807) is 19.1 Å². The van der Waals surface area contributed by atoms with E-state index in [4.69, 9.17) is 0 Å². The third-order valence-electron chi connectivity index (χ3n) is 4.50. The van der Waals surface area contributed by atoms with Gasteiger partial charge >= 0.3 is 0 Å². The van der Waals surface area contributed by atoms with Gasteiger partial charge < -0.3 is 10.6 Å². The lowest BCUT2D eigenvalue weighted by atomic mass is 10.1. The van der Waals surface area contributed by atoms with Crippen LogP contribution in [0.4, 0.5) is 0 Å². The van der Waals surface area contributed by atoms with Crippen LogP contribution in [0.2, 0.25) is 0 Å². The summed E-state index contributed by atoms with van der Waals surface area (Å²) >= 11 is 0. The molecule has 166 valence electrons. The minimum Gasteiger partial charge on any atom is -0.357 e. The summed E-state index contributed by atoms with van der Waals surface area (Å²) in [6.07, 6.45) is 3.15. The molecule has 0 saturated heterocycles. The van der Waals surface area contributed by atoms with E-state index in [2.05, 4.69) is 20.7 Å². The molecule has 0 amide bonds. The molecule has 0 fully saturated rings. The number of aryl methyl sites for hydroxylation is 1. The summed E-state index contributed by atoms with van der Waals surface area (Å²) < 4.78 is 25.4. The molecule has 3 rings (SSSR count). The van der Waals surface area contributed by atoms with E-state index in [0.717, 1.165) is 29.1 Å². The third-order valence-corrected chi connectivity index (χ3v) is 5.76. The molecule has 0 radical (unpaired) electrons. The number of aromatic nitrogens is 2. The molecule has 0 saturated carbocycles. The number of para-hydroxylation sites is 1. The van der Waals surface area contributed by atoms with Crippen LogP contribution in [0, 0.1) is 6.92 Å². The SMILES string of the molecule is CCNC(=NCc1ccc(S(C)(=O)=O)c(C)c1)NCc1ccn(-c2ccccc2)n1.I. The Labute approximate surface area is 200 Å². The number of aliphatic imine (C=N–C) groups is 1. The van der Waals surface area contributed by atoms with Crippen LogP contribution in [0.5, 0.6) is 0 Å². The maximum Gasteiger partial charge on any atom is 0.191 e. The smallest absolute Gasteiger partial charge is 0.191 e. The predicted molar refractivity (Wildman–Crippen MR) is 135 cm³/mol. The molecule has 2 N–H and O–H groups in total. The first kappa shape index (κ1) is 24.9. The molecule has 0 bridgehead atoms. The third kappa shape index (κ3) is 7.06. The molecular formula is C22H28IN5O2S. The van der Waals surface area contributed by atoms with E-state index < -0.39 is 9.84 Å². The molecule has 7 nitrogen and oxygen atoms in total. The van der Waals surface area contributed by atoms with Gasteiger partial charge in [0.15, 0.2) is 15.8 Å². The second-order valence-electron chi connectivity index (χ2n) is 7.01. The normalized spacial score (nSPS) is 11.6. The van der Waals surface area contributed by atoms with E-state index in [1.165, 1.54) is 6.26 Å². The molecule has 3 aromatic rings. The van der Waals surface area contributed by atoms with Gasteiger partial charge in [-0.3, -0.25) is 0 Å². The lowest BCUT2D eigenvalue weighted by molar-refractivity contribution is 0.601. The predicted octanol–water partition coefficient (Wildman–Crippen LogP) is 3.46. The average Bonchev–Trinajstić information content (AvgIpc) is 3.19. The van der Waals surface area contributed by atoms with Gasteiger partial charge in [-0.15, -0.1) is 24.0 Å². The number of benzene rings is 2.